The Kier molecular flexibility index (Phi) is 3.01. The number of rotatable bonds is 1. The van der Waals surface area contributed by atoms with Crippen LogP contribution in [0, 0.1) is 0 Å². The van der Waals surface area contributed by atoms with Crippen molar-refractivity contribution in [2.45, 2.75) is 18.8 Å². The molecule has 1 aromatic rings. The van der Waals surface area contributed by atoms with Crippen LogP contribution in [0.15, 0.2) is 29.2 Å². The van der Waals surface area contributed by atoms with E-state index in [0.29, 0.717) is 5.69 Å². The fourth-order valence-electron chi connectivity index (χ4n) is 1.67. The summed E-state index contributed by atoms with van der Waals surface area (Å²) in [4.78, 5) is 3.81. The molecule has 2 heterocycles. The van der Waals surface area contributed by atoms with E-state index < -0.39 is 17.4 Å². The molecule has 0 bridgehead atoms. The van der Waals surface area contributed by atoms with Gasteiger partial charge in [0.05, 0.1) is 17.5 Å². The number of halogens is 3. The highest BCUT2D eigenvalue weighted by Gasteiger charge is 2.45. The van der Waals surface area contributed by atoms with Gasteiger partial charge in [0.2, 0.25) is 5.96 Å². The number of aromatic nitrogens is 2. The Labute approximate surface area is 107 Å². The molecule has 0 radical (unpaired) electrons. The molecule has 2 rings (SSSR count). The molecule has 1 aliphatic rings. The summed E-state index contributed by atoms with van der Waals surface area (Å²) in [5, 5.41) is 9.14. The topological polar surface area (TPSA) is 80.3 Å². The summed E-state index contributed by atoms with van der Waals surface area (Å²) >= 11 is 0. The summed E-state index contributed by atoms with van der Waals surface area (Å²) in [6, 6.07) is 0. The minimum Gasteiger partial charge on any atom is -0.332 e. The van der Waals surface area contributed by atoms with E-state index in [-0.39, 0.29) is 5.96 Å². The van der Waals surface area contributed by atoms with Gasteiger partial charge in [0.15, 0.2) is 0 Å². The molecule has 6 nitrogen and oxygen atoms in total. The lowest BCUT2D eigenvalue weighted by molar-refractivity contribution is -0.100. The van der Waals surface area contributed by atoms with Crippen LogP contribution in [0.1, 0.15) is 6.92 Å². The van der Waals surface area contributed by atoms with E-state index >= 15 is 0 Å². The molecule has 1 atom stereocenters. The number of aliphatic imine (C=N–C) groups is 1. The highest BCUT2D eigenvalue weighted by molar-refractivity contribution is 5.95. The molecular weight excluding hydrogens is 261 g/mol. The zero-order valence-corrected chi connectivity index (χ0v) is 10.3. The number of nitrogens with zero attached hydrogens (tertiary/aromatic N) is 3. The van der Waals surface area contributed by atoms with Crippen molar-refractivity contribution in [3.05, 3.63) is 24.2 Å². The van der Waals surface area contributed by atoms with Crippen molar-refractivity contribution < 1.29 is 13.2 Å². The predicted molar refractivity (Wildman–Crippen MR) is 64.1 cm³/mol. The lowest BCUT2D eigenvalue weighted by atomic mass is 10.0. The third-order valence-corrected chi connectivity index (χ3v) is 2.52. The molecular formula is C10H13F3N6. The lowest BCUT2D eigenvalue weighted by Crippen LogP contribution is -2.49. The van der Waals surface area contributed by atoms with Crippen LogP contribution in [0.25, 0.3) is 0 Å². The first-order valence-electron chi connectivity index (χ1n) is 5.37. The third kappa shape index (κ3) is 2.87. The van der Waals surface area contributed by atoms with Crippen LogP contribution in [-0.4, -0.2) is 27.6 Å². The zero-order chi connectivity index (χ0) is 14.3. The molecule has 19 heavy (non-hydrogen) atoms. The smallest absolute Gasteiger partial charge is 0.332 e. The first kappa shape index (κ1) is 13.4. The quantitative estimate of drug-likeness (QED) is 0.711. The molecule has 0 aromatic carbocycles. The van der Waals surface area contributed by atoms with Crippen molar-refractivity contribution in [1.82, 2.24) is 15.1 Å². The molecule has 0 saturated heterocycles. The number of aryl methyl sites for hydroxylation is 1. The maximum atomic E-state index is 12.7. The monoisotopic (exact) mass is 274 g/mol. The molecule has 1 aromatic heterocycles. The fourth-order valence-corrected chi connectivity index (χ4v) is 1.67. The summed E-state index contributed by atoms with van der Waals surface area (Å²) < 4.78 is 39.7. The number of guanidine groups is 1. The van der Waals surface area contributed by atoms with Crippen LogP contribution >= 0.6 is 0 Å². The van der Waals surface area contributed by atoms with Gasteiger partial charge < -0.3 is 16.4 Å². The zero-order valence-electron chi connectivity index (χ0n) is 10.3. The second kappa shape index (κ2) is 4.26. The second-order valence-corrected chi connectivity index (χ2v) is 4.34. The molecule has 0 amide bonds. The van der Waals surface area contributed by atoms with E-state index in [1.165, 1.54) is 13.1 Å². The maximum absolute atomic E-state index is 12.7. The largest absolute Gasteiger partial charge is 0.417 e. The summed E-state index contributed by atoms with van der Waals surface area (Å²) in [5.74, 6) is 0.131. The molecule has 1 unspecified atom stereocenters. The minimum absolute atomic E-state index is 0.131. The van der Waals surface area contributed by atoms with Crippen molar-refractivity contribution in [2.24, 2.45) is 17.8 Å². The average Bonchev–Trinajstić information content (AvgIpc) is 2.60. The number of hydrogen-bond acceptors (Lipinski definition) is 5. The lowest BCUT2D eigenvalue weighted by Gasteiger charge is -2.30. The summed E-state index contributed by atoms with van der Waals surface area (Å²) in [6.45, 7) is 1.19. The van der Waals surface area contributed by atoms with Crippen molar-refractivity contribution in [3.8, 4) is 0 Å². The Morgan fingerprint density at radius 3 is 2.63 bits per heavy atom. The molecule has 9 heteroatoms. The van der Waals surface area contributed by atoms with E-state index in [2.05, 4.69) is 20.7 Å². The van der Waals surface area contributed by atoms with Crippen molar-refractivity contribution in [2.75, 3.05) is 5.32 Å². The van der Waals surface area contributed by atoms with Crippen molar-refractivity contribution >= 4 is 11.6 Å². The predicted octanol–water partition coefficient (Wildman–Crippen LogP) is 0.912. The van der Waals surface area contributed by atoms with Crippen molar-refractivity contribution in [3.63, 3.8) is 0 Å². The molecule has 1 aliphatic heterocycles. The van der Waals surface area contributed by atoms with Crippen LogP contribution in [0.2, 0.25) is 0 Å². The molecule has 4 N–H and O–H groups in total. The Bertz CT molecular complexity index is 540. The summed E-state index contributed by atoms with van der Waals surface area (Å²) in [6.07, 6.45) is -0.548. The van der Waals surface area contributed by atoms with Crippen LogP contribution < -0.4 is 16.4 Å². The molecule has 0 aliphatic carbocycles. The van der Waals surface area contributed by atoms with E-state index in [1.54, 1.807) is 17.9 Å². The van der Waals surface area contributed by atoms with E-state index in [1.807, 2.05) is 0 Å². The number of nitrogens with one attached hydrogen (secondary N) is 2. The third-order valence-electron chi connectivity index (χ3n) is 2.52. The second-order valence-electron chi connectivity index (χ2n) is 4.34. The number of anilines is 1. The van der Waals surface area contributed by atoms with Crippen LogP contribution in [-0.2, 0) is 7.05 Å². The Morgan fingerprint density at radius 1 is 1.47 bits per heavy atom. The fraction of sp³-hybridized carbons (Fsp3) is 0.400. The van der Waals surface area contributed by atoms with Gasteiger partial charge in [0, 0.05) is 19.4 Å². The van der Waals surface area contributed by atoms with Crippen LogP contribution in [0.4, 0.5) is 18.9 Å². The summed E-state index contributed by atoms with van der Waals surface area (Å²) in [7, 11) is 1.72. The standard InChI is InChI=1S/C10H13F3N6/c1-9(14)7(10(11,12)13)4-15-8(18-9)17-6-3-16-19(2)5-6/h3-5H,14H2,1-2H3,(H2,15,17,18). The van der Waals surface area contributed by atoms with Gasteiger partial charge in [-0.1, -0.05) is 0 Å². The normalized spacial score (nSPS) is 23.5. The van der Waals surface area contributed by atoms with Gasteiger partial charge in [-0.3, -0.25) is 4.68 Å². The number of nitrogens with two attached hydrogens (primary N) is 1. The number of alkyl halides is 3. The van der Waals surface area contributed by atoms with E-state index in [0.717, 1.165) is 6.20 Å². The highest BCUT2D eigenvalue weighted by atomic mass is 19.4. The van der Waals surface area contributed by atoms with Crippen LogP contribution in [0.3, 0.4) is 0 Å². The Balaban J connectivity index is 2.18. The van der Waals surface area contributed by atoms with E-state index in [9.17, 15) is 13.2 Å². The molecule has 0 saturated carbocycles. The minimum atomic E-state index is -4.53. The highest BCUT2D eigenvalue weighted by Crippen LogP contribution is 2.34. The van der Waals surface area contributed by atoms with Gasteiger partial charge in [0.1, 0.15) is 5.66 Å². The van der Waals surface area contributed by atoms with E-state index in [4.69, 9.17) is 5.73 Å². The van der Waals surface area contributed by atoms with Gasteiger partial charge in [0.25, 0.3) is 0 Å². The van der Waals surface area contributed by atoms with Gasteiger partial charge >= 0.3 is 6.18 Å². The van der Waals surface area contributed by atoms with Gasteiger partial charge in [-0.25, -0.2) is 4.99 Å². The van der Waals surface area contributed by atoms with Crippen LogP contribution in [0.5, 0.6) is 0 Å². The van der Waals surface area contributed by atoms with Gasteiger partial charge in [-0.05, 0) is 6.92 Å². The molecule has 104 valence electrons. The molecule has 0 spiro atoms. The first-order valence-corrected chi connectivity index (χ1v) is 5.37. The number of hydrogen-bond donors (Lipinski definition) is 3. The first-order chi connectivity index (χ1) is 8.68. The SMILES string of the molecule is Cn1cc(NC2=NC(C)(N)C(C(F)(F)F)=CN2)cn1. The Hall–Kier alpha value is -2.03. The Morgan fingerprint density at radius 2 is 2.16 bits per heavy atom. The van der Waals surface area contributed by atoms with Gasteiger partial charge in [-0.15, -0.1) is 0 Å². The van der Waals surface area contributed by atoms with Crippen molar-refractivity contribution in [1.29, 1.82) is 0 Å². The van der Waals surface area contributed by atoms with Gasteiger partial charge in [-0.2, -0.15) is 18.3 Å². The summed E-state index contributed by atoms with van der Waals surface area (Å²) in [5.41, 5.74) is 3.40. The molecule has 0 fully saturated rings. The average molecular weight is 274 g/mol. The maximum Gasteiger partial charge on any atom is 0.417 e.